The van der Waals surface area contributed by atoms with Gasteiger partial charge in [-0.25, -0.2) is 4.98 Å². The second-order valence-electron chi connectivity index (χ2n) is 2.48. The summed E-state index contributed by atoms with van der Waals surface area (Å²) in [4.78, 5) is 4.60. The topological polar surface area (TPSA) is 12.9 Å². The zero-order chi connectivity index (χ0) is 9.19. The molecule has 1 aromatic rings. The Balaban J connectivity index is 2.49. The van der Waals surface area contributed by atoms with E-state index in [2.05, 4.69) is 4.98 Å². The van der Waals surface area contributed by atoms with Gasteiger partial charge in [-0.1, -0.05) is 0 Å². The summed E-state index contributed by atoms with van der Waals surface area (Å²) in [6, 6.07) is 0. The first-order valence-electron chi connectivity index (χ1n) is 3.45. The third-order valence-electron chi connectivity index (χ3n) is 1.48. The van der Waals surface area contributed by atoms with Gasteiger partial charge >= 0.3 is 6.18 Å². The van der Waals surface area contributed by atoms with E-state index in [4.69, 9.17) is 0 Å². The Morgan fingerprint density at radius 3 is 2.58 bits per heavy atom. The predicted molar refractivity (Wildman–Crippen MR) is 41.2 cm³/mol. The normalized spacial score (nSPS) is 12.0. The Kier molecular flexibility index (Phi) is 2.72. The zero-order valence-corrected chi connectivity index (χ0v) is 7.30. The number of alkyl halides is 3. The summed E-state index contributed by atoms with van der Waals surface area (Å²) in [7, 11) is 0. The van der Waals surface area contributed by atoms with Crippen LogP contribution in [-0.2, 0) is 6.42 Å². The first-order chi connectivity index (χ1) is 5.49. The molecule has 1 nitrogen and oxygen atoms in total. The summed E-state index contributed by atoms with van der Waals surface area (Å²) in [6.45, 7) is 1.72. The Morgan fingerprint density at radius 2 is 2.17 bits per heavy atom. The second kappa shape index (κ2) is 3.43. The Morgan fingerprint density at radius 1 is 1.50 bits per heavy atom. The van der Waals surface area contributed by atoms with E-state index >= 15 is 0 Å². The van der Waals surface area contributed by atoms with Crippen molar-refractivity contribution in [2.45, 2.75) is 25.9 Å². The van der Waals surface area contributed by atoms with E-state index in [0.29, 0.717) is 5.69 Å². The van der Waals surface area contributed by atoms with Gasteiger partial charge in [0.2, 0.25) is 0 Å². The van der Waals surface area contributed by atoms with Gasteiger partial charge in [0, 0.05) is 11.3 Å². The molecular weight excluding hydrogens is 187 g/mol. The number of hydrogen-bond donors (Lipinski definition) is 0. The van der Waals surface area contributed by atoms with E-state index < -0.39 is 12.6 Å². The molecular formula is C7H8F3NS. The SMILES string of the molecule is Cc1ncsc1CCC(F)(F)F. The molecule has 68 valence electrons. The molecule has 0 saturated heterocycles. The van der Waals surface area contributed by atoms with Gasteiger partial charge in [0.25, 0.3) is 0 Å². The lowest BCUT2D eigenvalue weighted by Crippen LogP contribution is -2.08. The van der Waals surface area contributed by atoms with Crippen molar-refractivity contribution in [1.82, 2.24) is 4.98 Å². The molecule has 5 heteroatoms. The molecule has 1 aromatic heterocycles. The van der Waals surface area contributed by atoms with E-state index in [-0.39, 0.29) is 6.42 Å². The smallest absolute Gasteiger partial charge is 0.250 e. The molecule has 0 N–H and O–H groups in total. The van der Waals surface area contributed by atoms with Crippen LogP contribution in [0.15, 0.2) is 5.51 Å². The maximum absolute atomic E-state index is 11.8. The summed E-state index contributed by atoms with van der Waals surface area (Å²) in [5.74, 6) is 0. The number of hydrogen-bond acceptors (Lipinski definition) is 2. The second-order valence-corrected chi connectivity index (χ2v) is 3.42. The highest BCUT2D eigenvalue weighted by Crippen LogP contribution is 2.24. The molecule has 0 amide bonds. The van der Waals surface area contributed by atoms with E-state index in [1.807, 2.05) is 0 Å². The van der Waals surface area contributed by atoms with Crippen molar-refractivity contribution in [3.8, 4) is 0 Å². The molecule has 0 aliphatic carbocycles. The molecule has 0 bridgehead atoms. The first kappa shape index (κ1) is 9.51. The van der Waals surface area contributed by atoms with Crippen LogP contribution in [0.5, 0.6) is 0 Å². The van der Waals surface area contributed by atoms with E-state index in [9.17, 15) is 13.2 Å². The summed E-state index contributed by atoms with van der Waals surface area (Å²) in [5.41, 5.74) is 2.28. The lowest BCUT2D eigenvalue weighted by molar-refractivity contribution is -0.133. The highest BCUT2D eigenvalue weighted by atomic mass is 32.1. The van der Waals surface area contributed by atoms with Crippen LogP contribution in [0.4, 0.5) is 13.2 Å². The van der Waals surface area contributed by atoms with Gasteiger partial charge in [0.1, 0.15) is 0 Å². The van der Waals surface area contributed by atoms with Crippen molar-refractivity contribution < 1.29 is 13.2 Å². The van der Waals surface area contributed by atoms with Crippen LogP contribution in [0, 0.1) is 6.92 Å². The minimum atomic E-state index is -4.06. The highest BCUT2D eigenvalue weighted by molar-refractivity contribution is 7.09. The average molecular weight is 195 g/mol. The molecule has 0 aliphatic heterocycles. The first-order valence-corrected chi connectivity index (χ1v) is 4.33. The number of thiazole rings is 1. The largest absolute Gasteiger partial charge is 0.389 e. The van der Waals surface area contributed by atoms with Crippen LogP contribution in [0.2, 0.25) is 0 Å². The summed E-state index contributed by atoms with van der Waals surface area (Å²) >= 11 is 1.28. The third-order valence-corrected chi connectivity index (χ3v) is 2.48. The molecule has 12 heavy (non-hydrogen) atoms. The summed E-state index contributed by atoms with van der Waals surface area (Å²) in [6.07, 6.45) is -4.76. The standard InChI is InChI=1S/C7H8F3NS/c1-5-6(12-4-11-5)2-3-7(8,9)10/h4H,2-3H2,1H3. The number of nitrogens with zero attached hydrogens (tertiary/aromatic N) is 1. The van der Waals surface area contributed by atoms with Crippen molar-refractivity contribution in [2.75, 3.05) is 0 Å². The fourth-order valence-corrected chi connectivity index (χ4v) is 1.60. The Labute approximate surface area is 72.2 Å². The van der Waals surface area contributed by atoms with Crippen molar-refractivity contribution in [3.63, 3.8) is 0 Å². The summed E-state index contributed by atoms with van der Waals surface area (Å²) < 4.78 is 35.3. The van der Waals surface area contributed by atoms with Gasteiger partial charge in [-0.15, -0.1) is 11.3 Å². The number of halogens is 3. The monoisotopic (exact) mass is 195 g/mol. The van der Waals surface area contributed by atoms with Crippen molar-refractivity contribution in [2.24, 2.45) is 0 Å². The molecule has 0 fully saturated rings. The fraction of sp³-hybridized carbons (Fsp3) is 0.571. The molecule has 0 aromatic carbocycles. The van der Waals surface area contributed by atoms with E-state index in [0.717, 1.165) is 4.88 Å². The fourth-order valence-electron chi connectivity index (χ4n) is 0.821. The predicted octanol–water partition coefficient (Wildman–Crippen LogP) is 2.95. The lowest BCUT2D eigenvalue weighted by atomic mass is 10.2. The molecule has 1 heterocycles. The molecule has 0 saturated carbocycles. The minimum Gasteiger partial charge on any atom is -0.250 e. The van der Waals surface area contributed by atoms with Crippen LogP contribution in [0.3, 0.4) is 0 Å². The van der Waals surface area contributed by atoms with Gasteiger partial charge in [0.05, 0.1) is 11.2 Å². The van der Waals surface area contributed by atoms with Crippen LogP contribution in [0.25, 0.3) is 0 Å². The maximum atomic E-state index is 11.8. The van der Waals surface area contributed by atoms with Gasteiger partial charge in [-0.3, -0.25) is 0 Å². The molecule has 0 spiro atoms. The quantitative estimate of drug-likeness (QED) is 0.707. The highest BCUT2D eigenvalue weighted by Gasteiger charge is 2.26. The van der Waals surface area contributed by atoms with Crippen LogP contribution in [0.1, 0.15) is 17.0 Å². The van der Waals surface area contributed by atoms with Crippen molar-refractivity contribution in [3.05, 3.63) is 16.1 Å². The molecule has 1 rings (SSSR count). The molecule has 0 aliphatic rings. The number of aryl methyl sites for hydroxylation is 2. The molecule has 0 atom stereocenters. The third kappa shape index (κ3) is 2.81. The van der Waals surface area contributed by atoms with Crippen LogP contribution < -0.4 is 0 Å². The molecule has 0 unspecified atom stereocenters. The number of aromatic nitrogens is 1. The van der Waals surface area contributed by atoms with Gasteiger partial charge in [-0.05, 0) is 13.3 Å². The molecule has 0 radical (unpaired) electrons. The number of rotatable bonds is 2. The summed E-state index contributed by atoms with van der Waals surface area (Å²) in [5, 5.41) is 0. The van der Waals surface area contributed by atoms with E-state index in [1.54, 1.807) is 12.4 Å². The minimum absolute atomic E-state index is 0.0556. The maximum Gasteiger partial charge on any atom is 0.389 e. The lowest BCUT2D eigenvalue weighted by Gasteiger charge is -2.03. The van der Waals surface area contributed by atoms with Gasteiger partial charge in [-0.2, -0.15) is 13.2 Å². The average Bonchev–Trinajstić information content (AvgIpc) is 2.29. The van der Waals surface area contributed by atoms with Crippen molar-refractivity contribution in [1.29, 1.82) is 0 Å². The van der Waals surface area contributed by atoms with E-state index in [1.165, 1.54) is 11.3 Å². The van der Waals surface area contributed by atoms with Gasteiger partial charge in [0.15, 0.2) is 0 Å². The van der Waals surface area contributed by atoms with Gasteiger partial charge < -0.3 is 0 Å². The zero-order valence-electron chi connectivity index (χ0n) is 6.48. The van der Waals surface area contributed by atoms with Crippen molar-refractivity contribution >= 4 is 11.3 Å². The van der Waals surface area contributed by atoms with Crippen LogP contribution in [-0.4, -0.2) is 11.2 Å². The Hall–Kier alpha value is -0.580. The Bertz CT molecular complexity index is 253. The van der Waals surface area contributed by atoms with Crippen LogP contribution >= 0.6 is 11.3 Å².